The van der Waals surface area contributed by atoms with Crippen LogP contribution in [0.5, 0.6) is 0 Å². The minimum absolute atomic E-state index is 0.293. The molecule has 2 nitrogen and oxygen atoms in total. The van der Waals surface area contributed by atoms with Crippen molar-refractivity contribution in [3.63, 3.8) is 0 Å². The Morgan fingerprint density at radius 2 is 1.00 bits per heavy atom. The average molecular weight is 386 g/mol. The summed E-state index contributed by atoms with van der Waals surface area (Å²) in [7, 11) is 0. The predicted octanol–water partition coefficient (Wildman–Crippen LogP) is 6.41. The molecule has 4 rings (SSSR count). The van der Waals surface area contributed by atoms with Gasteiger partial charge in [0.15, 0.2) is 0 Å². The molecule has 0 radical (unpaired) electrons. The van der Waals surface area contributed by atoms with E-state index in [1.807, 2.05) is 62.4 Å². The van der Waals surface area contributed by atoms with Crippen molar-refractivity contribution in [1.82, 2.24) is 9.97 Å². The number of benzene rings is 2. The molecule has 2 heterocycles. The molecule has 0 saturated carbocycles. The van der Waals surface area contributed by atoms with E-state index in [0.717, 1.165) is 22.5 Å². The van der Waals surface area contributed by atoms with Gasteiger partial charge in [0, 0.05) is 16.5 Å². The molecule has 2 aromatic heterocycles. The number of nitrogens with zero attached hydrogens (tertiary/aromatic N) is 2. The first-order valence-electron chi connectivity index (χ1n) is 9.40. The van der Waals surface area contributed by atoms with Gasteiger partial charge in [-0.05, 0) is 62.4 Å². The molecule has 144 valence electrons. The van der Waals surface area contributed by atoms with E-state index in [0.29, 0.717) is 11.4 Å². The van der Waals surface area contributed by atoms with E-state index in [4.69, 9.17) is 9.97 Å². The molecular weight excluding hydrogens is 366 g/mol. The number of aromatic nitrogens is 2. The van der Waals surface area contributed by atoms with Crippen LogP contribution in [0, 0.1) is 11.6 Å². The minimum atomic E-state index is -0.493. The van der Waals surface area contributed by atoms with Gasteiger partial charge in [-0.1, -0.05) is 36.4 Å². The molecule has 29 heavy (non-hydrogen) atoms. The fourth-order valence-electron chi connectivity index (χ4n) is 3.31. The topological polar surface area (TPSA) is 25.8 Å². The summed E-state index contributed by atoms with van der Waals surface area (Å²) >= 11 is 0. The highest BCUT2D eigenvalue weighted by Crippen LogP contribution is 2.32. The van der Waals surface area contributed by atoms with Crippen LogP contribution in [0.15, 0.2) is 84.9 Å². The van der Waals surface area contributed by atoms with E-state index in [1.165, 1.54) is 24.3 Å². The zero-order chi connectivity index (χ0) is 20.4. The first-order chi connectivity index (χ1) is 13.9. The Balaban J connectivity index is 1.74. The van der Waals surface area contributed by atoms with Gasteiger partial charge < -0.3 is 0 Å². The maximum absolute atomic E-state index is 13.6. The van der Waals surface area contributed by atoms with Gasteiger partial charge >= 0.3 is 0 Å². The lowest BCUT2D eigenvalue weighted by Crippen LogP contribution is -2.22. The lowest BCUT2D eigenvalue weighted by Gasteiger charge is -2.24. The van der Waals surface area contributed by atoms with Crippen molar-refractivity contribution in [2.24, 2.45) is 0 Å². The zero-order valence-electron chi connectivity index (χ0n) is 16.2. The van der Waals surface area contributed by atoms with Crippen molar-refractivity contribution >= 4 is 0 Å². The van der Waals surface area contributed by atoms with Crippen molar-refractivity contribution in [3.05, 3.63) is 108 Å². The molecule has 0 aliphatic rings. The SMILES string of the molecule is CC(C)(c1cccc(-c2cccc(F)c2)n1)c1cccc(-c2cccc(F)c2)n1. The molecule has 4 heteroatoms. The molecule has 0 saturated heterocycles. The van der Waals surface area contributed by atoms with Crippen LogP contribution in [0.2, 0.25) is 0 Å². The number of pyridine rings is 2. The summed E-state index contributed by atoms with van der Waals surface area (Å²) in [6, 6.07) is 24.3. The average Bonchev–Trinajstić information content (AvgIpc) is 2.74. The fraction of sp³-hybridized carbons (Fsp3) is 0.120. The smallest absolute Gasteiger partial charge is 0.123 e. The molecule has 0 atom stereocenters. The van der Waals surface area contributed by atoms with E-state index in [-0.39, 0.29) is 11.6 Å². The van der Waals surface area contributed by atoms with Crippen molar-refractivity contribution in [3.8, 4) is 22.5 Å². The maximum atomic E-state index is 13.6. The predicted molar refractivity (Wildman–Crippen MR) is 111 cm³/mol. The summed E-state index contributed by atoms with van der Waals surface area (Å²) < 4.78 is 27.2. The van der Waals surface area contributed by atoms with E-state index in [9.17, 15) is 8.78 Å². The van der Waals surface area contributed by atoms with Crippen molar-refractivity contribution < 1.29 is 8.78 Å². The van der Waals surface area contributed by atoms with Crippen molar-refractivity contribution in [2.45, 2.75) is 19.3 Å². The maximum Gasteiger partial charge on any atom is 0.123 e. The van der Waals surface area contributed by atoms with Gasteiger partial charge in [0.05, 0.1) is 22.8 Å². The molecule has 0 unspecified atom stereocenters. The Kier molecular flexibility index (Phi) is 4.93. The second kappa shape index (κ2) is 7.55. The van der Waals surface area contributed by atoms with Crippen LogP contribution in [0.1, 0.15) is 25.2 Å². The zero-order valence-corrected chi connectivity index (χ0v) is 16.2. The molecule has 0 aliphatic heterocycles. The van der Waals surface area contributed by atoms with Gasteiger partial charge in [0.25, 0.3) is 0 Å². The largest absolute Gasteiger partial charge is 0.252 e. The summed E-state index contributed by atoms with van der Waals surface area (Å²) in [5.41, 5.74) is 4.01. The molecule has 2 aromatic carbocycles. The highest BCUT2D eigenvalue weighted by atomic mass is 19.1. The minimum Gasteiger partial charge on any atom is -0.252 e. The Bertz CT molecular complexity index is 1080. The number of hydrogen-bond acceptors (Lipinski definition) is 2. The van der Waals surface area contributed by atoms with E-state index in [2.05, 4.69) is 0 Å². The van der Waals surface area contributed by atoms with Crippen LogP contribution in [0.25, 0.3) is 22.5 Å². The van der Waals surface area contributed by atoms with Gasteiger partial charge in [0.1, 0.15) is 11.6 Å². The Labute approximate surface area is 168 Å². The Morgan fingerprint density at radius 1 is 0.586 bits per heavy atom. The van der Waals surface area contributed by atoms with Crippen molar-refractivity contribution in [2.75, 3.05) is 0 Å². The van der Waals surface area contributed by atoms with Crippen molar-refractivity contribution in [1.29, 1.82) is 0 Å². The highest BCUT2D eigenvalue weighted by molar-refractivity contribution is 5.61. The summed E-state index contributed by atoms with van der Waals surface area (Å²) in [4.78, 5) is 9.56. The summed E-state index contributed by atoms with van der Waals surface area (Å²) in [5, 5.41) is 0. The molecule has 0 N–H and O–H groups in total. The lowest BCUT2D eigenvalue weighted by atomic mass is 9.84. The number of rotatable bonds is 4. The first-order valence-corrected chi connectivity index (χ1v) is 9.40. The standard InChI is InChI=1S/C25H20F2N2/c1-25(2,23-13-5-11-21(28-23)17-7-3-9-19(26)15-17)24-14-6-12-22(29-24)18-8-4-10-20(27)16-18/h3-16H,1-2H3. The first kappa shape index (κ1) is 18.9. The third kappa shape index (κ3) is 3.92. The van der Waals surface area contributed by atoms with Gasteiger partial charge in [-0.15, -0.1) is 0 Å². The second-order valence-electron chi connectivity index (χ2n) is 7.46. The summed E-state index contributed by atoms with van der Waals surface area (Å²) in [6.45, 7) is 4.09. The quantitative estimate of drug-likeness (QED) is 0.405. The molecule has 0 spiro atoms. The van der Waals surface area contributed by atoms with Crippen LogP contribution in [0.3, 0.4) is 0 Å². The second-order valence-corrected chi connectivity index (χ2v) is 7.46. The van der Waals surface area contributed by atoms with E-state index >= 15 is 0 Å². The van der Waals surface area contributed by atoms with Crippen LogP contribution in [0.4, 0.5) is 8.78 Å². The van der Waals surface area contributed by atoms with Crippen LogP contribution < -0.4 is 0 Å². The Morgan fingerprint density at radius 3 is 1.41 bits per heavy atom. The van der Waals surface area contributed by atoms with Crippen LogP contribution in [-0.2, 0) is 5.41 Å². The number of hydrogen-bond donors (Lipinski definition) is 0. The molecule has 4 aromatic rings. The highest BCUT2D eigenvalue weighted by Gasteiger charge is 2.27. The van der Waals surface area contributed by atoms with Crippen LogP contribution in [-0.4, -0.2) is 9.97 Å². The molecule has 0 fully saturated rings. The summed E-state index contributed by atoms with van der Waals surface area (Å²) in [6.07, 6.45) is 0. The summed E-state index contributed by atoms with van der Waals surface area (Å²) in [5.74, 6) is -0.586. The monoisotopic (exact) mass is 386 g/mol. The van der Waals surface area contributed by atoms with Gasteiger partial charge in [-0.3, -0.25) is 9.97 Å². The molecule has 0 aliphatic carbocycles. The third-order valence-corrected chi connectivity index (χ3v) is 5.02. The van der Waals surface area contributed by atoms with Gasteiger partial charge in [-0.2, -0.15) is 0 Å². The van der Waals surface area contributed by atoms with E-state index < -0.39 is 5.41 Å². The van der Waals surface area contributed by atoms with E-state index in [1.54, 1.807) is 12.1 Å². The number of halogens is 2. The van der Waals surface area contributed by atoms with Gasteiger partial charge in [-0.25, -0.2) is 8.78 Å². The third-order valence-electron chi connectivity index (χ3n) is 5.02. The lowest BCUT2D eigenvalue weighted by molar-refractivity contribution is 0.596. The molecular formula is C25H20F2N2. The van der Waals surface area contributed by atoms with Gasteiger partial charge in [0.2, 0.25) is 0 Å². The normalized spacial score (nSPS) is 11.4. The fourth-order valence-corrected chi connectivity index (χ4v) is 3.31. The Hall–Kier alpha value is -3.40. The molecule has 0 bridgehead atoms. The molecule has 0 amide bonds. The van der Waals surface area contributed by atoms with Crippen LogP contribution >= 0.6 is 0 Å².